The summed E-state index contributed by atoms with van der Waals surface area (Å²) in [7, 11) is 0. The third kappa shape index (κ3) is 6.06. The average molecular weight is 390 g/mol. The molecule has 2 rings (SSSR count). The van der Waals surface area contributed by atoms with Crippen LogP contribution in [0.25, 0.3) is 11.3 Å². The molecule has 0 saturated heterocycles. The summed E-state index contributed by atoms with van der Waals surface area (Å²) < 4.78 is 4.91. The number of amides is 2. The lowest BCUT2D eigenvalue weighted by Gasteiger charge is -2.15. The van der Waals surface area contributed by atoms with Gasteiger partial charge in [-0.2, -0.15) is 0 Å². The molecule has 2 N–H and O–H groups in total. The van der Waals surface area contributed by atoms with Gasteiger partial charge in [-0.05, 0) is 19.8 Å². The first-order valence-corrected chi connectivity index (χ1v) is 10.2. The van der Waals surface area contributed by atoms with Crippen LogP contribution in [-0.4, -0.2) is 23.6 Å². The second-order valence-corrected chi connectivity index (χ2v) is 7.17. The first-order valence-electron chi connectivity index (χ1n) is 9.39. The van der Waals surface area contributed by atoms with E-state index in [2.05, 4.69) is 29.5 Å². The zero-order valence-electron chi connectivity index (χ0n) is 16.1. The molecule has 1 aromatic carbocycles. The summed E-state index contributed by atoms with van der Waals surface area (Å²) in [5, 5.41) is 6.68. The van der Waals surface area contributed by atoms with Gasteiger partial charge in [0, 0.05) is 11.5 Å². The summed E-state index contributed by atoms with van der Waals surface area (Å²) in [5.74, 6) is -0.0191. The van der Waals surface area contributed by atoms with Crippen LogP contribution in [0.3, 0.4) is 0 Å². The predicted molar refractivity (Wildman–Crippen MR) is 110 cm³/mol. The summed E-state index contributed by atoms with van der Waals surface area (Å²) >= 11 is 1.24. The van der Waals surface area contributed by atoms with Gasteiger partial charge in [0.1, 0.15) is 10.7 Å². The molecular formula is C20H27N3O3S. The molecule has 27 heavy (non-hydrogen) atoms. The maximum Gasteiger partial charge on any atom is 0.413 e. The number of carbonyl (C=O) groups is 2. The Bertz CT molecular complexity index is 740. The molecule has 0 unspecified atom stereocenters. The molecule has 0 aliphatic carbocycles. The first kappa shape index (κ1) is 20.9. The second-order valence-electron chi connectivity index (χ2n) is 6.17. The largest absolute Gasteiger partial charge is 0.450 e. The first-order chi connectivity index (χ1) is 13.1. The molecule has 6 nitrogen and oxygen atoms in total. The van der Waals surface area contributed by atoms with Crippen LogP contribution in [0.15, 0.2) is 30.3 Å². The van der Waals surface area contributed by atoms with Gasteiger partial charge in [-0.25, -0.2) is 9.78 Å². The summed E-state index contributed by atoms with van der Waals surface area (Å²) in [6.07, 6.45) is 3.07. The van der Waals surface area contributed by atoms with Gasteiger partial charge in [-0.1, -0.05) is 68.4 Å². The molecule has 2 amide bonds. The van der Waals surface area contributed by atoms with Crippen molar-refractivity contribution in [1.82, 2.24) is 4.98 Å². The molecule has 0 atom stereocenters. The quantitative estimate of drug-likeness (QED) is 0.590. The van der Waals surface area contributed by atoms with E-state index in [0.29, 0.717) is 15.8 Å². The number of thiazole rings is 1. The van der Waals surface area contributed by atoms with Gasteiger partial charge in [-0.15, -0.1) is 0 Å². The van der Waals surface area contributed by atoms with Gasteiger partial charge in [0.05, 0.1) is 6.61 Å². The second kappa shape index (κ2) is 10.7. The Balaban J connectivity index is 2.28. The monoisotopic (exact) mass is 389 g/mol. The number of hydrogen-bond acceptors (Lipinski definition) is 5. The average Bonchev–Trinajstić information content (AvgIpc) is 3.04. The van der Waals surface area contributed by atoms with Crippen LogP contribution < -0.4 is 10.6 Å². The van der Waals surface area contributed by atoms with E-state index in [0.717, 1.165) is 31.2 Å². The number of benzene rings is 1. The van der Waals surface area contributed by atoms with E-state index in [1.54, 1.807) is 6.92 Å². The van der Waals surface area contributed by atoms with Gasteiger partial charge in [0.2, 0.25) is 5.91 Å². The van der Waals surface area contributed by atoms with Crippen molar-refractivity contribution in [2.24, 2.45) is 5.92 Å². The Kier molecular flexibility index (Phi) is 8.26. The molecule has 1 heterocycles. The highest BCUT2D eigenvalue weighted by atomic mass is 32.1. The molecule has 0 radical (unpaired) electrons. The lowest BCUT2D eigenvalue weighted by Crippen LogP contribution is -2.22. The fourth-order valence-electron chi connectivity index (χ4n) is 2.82. The minimum absolute atomic E-state index is 0.00205. The van der Waals surface area contributed by atoms with Crippen LogP contribution in [0, 0.1) is 5.92 Å². The van der Waals surface area contributed by atoms with Crippen molar-refractivity contribution in [3.8, 4) is 11.3 Å². The van der Waals surface area contributed by atoms with Crippen LogP contribution in [0.4, 0.5) is 14.9 Å². The van der Waals surface area contributed by atoms with Crippen LogP contribution >= 0.6 is 11.3 Å². The van der Waals surface area contributed by atoms with Crippen LogP contribution in [-0.2, 0) is 9.53 Å². The summed E-state index contributed by atoms with van der Waals surface area (Å²) in [6.45, 7) is 6.19. The Hall–Kier alpha value is -2.41. The fourth-order valence-corrected chi connectivity index (χ4v) is 3.70. The summed E-state index contributed by atoms with van der Waals surface area (Å²) in [6, 6.07) is 9.60. The fraction of sp³-hybridized carbons (Fsp3) is 0.450. The number of nitrogens with zero attached hydrogens (tertiary/aromatic N) is 1. The Morgan fingerprint density at radius 1 is 1.07 bits per heavy atom. The van der Waals surface area contributed by atoms with Crippen molar-refractivity contribution in [3.63, 3.8) is 0 Å². The standard InChI is InChI=1S/C20H27N3O3S/c1-4-10-15(11-5-2)17(24)22-18-16(14-12-8-7-9-13-14)21-19(27-18)23-20(25)26-6-3/h7-9,12-13,15H,4-6,10-11H2,1-3H3,(H,22,24)(H,21,23,25). The van der Waals surface area contributed by atoms with Gasteiger partial charge in [-0.3, -0.25) is 10.1 Å². The Labute approximate surface area is 164 Å². The van der Waals surface area contributed by atoms with Crippen LogP contribution in [0.1, 0.15) is 46.5 Å². The summed E-state index contributed by atoms with van der Waals surface area (Å²) in [4.78, 5) is 29.0. The van der Waals surface area contributed by atoms with Crippen LogP contribution in [0.2, 0.25) is 0 Å². The lowest BCUT2D eigenvalue weighted by molar-refractivity contribution is -0.120. The number of hydrogen-bond donors (Lipinski definition) is 2. The molecule has 0 saturated carbocycles. The van der Waals surface area contributed by atoms with Crippen molar-refractivity contribution in [1.29, 1.82) is 0 Å². The minimum Gasteiger partial charge on any atom is -0.450 e. The van der Waals surface area contributed by atoms with Crippen molar-refractivity contribution in [2.75, 3.05) is 17.2 Å². The molecular weight excluding hydrogens is 362 g/mol. The number of carbonyl (C=O) groups excluding carboxylic acids is 2. The highest BCUT2D eigenvalue weighted by Crippen LogP contribution is 2.36. The van der Waals surface area contributed by atoms with Crippen molar-refractivity contribution in [2.45, 2.75) is 46.5 Å². The zero-order valence-corrected chi connectivity index (χ0v) is 16.9. The Morgan fingerprint density at radius 3 is 2.33 bits per heavy atom. The van der Waals surface area contributed by atoms with Gasteiger partial charge < -0.3 is 10.1 Å². The molecule has 0 aliphatic rings. The maximum absolute atomic E-state index is 12.8. The lowest BCUT2D eigenvalue weighted by atomic mass is 9.97. The van der Waals surface area contributed by atoms with E-state index < -0.39 is 6.09 Å². The smallest absolute Gasteiger partial charge is 0.413 e. The van der Waals surface area contributed by atoms with Gasteiger partial charge >= 0.3 is 6.09 Å². The maximum atomic E-state index is 12.8. The molecule has 0 aliphatic heterocycles. The predicted octanol–water partition coefficient (Wildman–Crippen LogP) is 5.53. The topological polar surface area (TPSA) is 80.3 Å². The molecule has 0 spiro atoms. The highest BCUT2D eigenvalue weighted by Gasteiger charge is 2.21. The van der Waals surface area contributed by atoms with Gasteiger partial charge in [0.25, 0.3) is 0 Å². The van der Waals surface area contributed by atoms with Crippen molar-refractivity contribution >= 4 is 33.5 Å². The minimum atomic E-state index is -0.557. The van der Waals surface area contributed by atoms with E-state index in [4.69, 9.17) is 4.74 Å². The zero-order chi connectivity index (χ0) is 19.6. The third-order valence-electron chi connectivity index (χ3n) is 4.04. The molecule has 0 fully saturated rings. The number of anilines is 2. The van der Waals surface area contributed by atoms with E-state index in [1.807, 2.05) is 30.3 Å². The number of nitrogens with one attached hydrogen (secondary N) is 2. The van der Waals surface area contributed by atoms with E-state index in [1.165, 1.54) is 11.3 Å². The van der Waals surface area contributed by atoms with Crippen molar-refractivity contribution in [3.05, 3.63) is 30.3 Å². The molecule has 7 heteroatoms. The van der Waals surface area contributed by atoms with Gasteiger partial charge in [0.15, 0.2) is 5.13 Å². The summed E-state index contributed by atoms with van der Waals surface area (Å²) in [5.41, 5.74) is 1.52. The highest BCUT2D eigenvalue weighted by molar-refractivity contribution is 7.20. The molecule has 2 aromatic rings. The SMILES string of the molecule is CCCC(CCC)C(=O)Nc1sc(NC(=O)OCC)nc1-c1ccccc1. The molecule has 146 valence electrons. The van der Waals surface area contributed by atoms with Crippen molar-refractivity contribution < 1.29 is 14.3 Å². The Morgan fingerprint density at radius 2 is 1.74 bits per heavy atom. The van der Waals surface area contributed by atoms with E-state index >= 15 is 0 Å². The molecule has 0 bridgehead atoms. The van der Waals surface area contributed by atoms with E-state index in [-0.39, 0.29) is 18.4 Å². The normalized spacial score (nSPS) is 10.7. The van der Waals surface area contributed by atoms with E-state index in [9.17, 15) is 9.59 Å². The third-order valence-corrected chi connectivity index (χ3v) is 4.93. The number of ether oxygens (including phenoxy) is 1. The number of aromatic nitrogens is 1. The number of rotatable bonds is 9. The molecule has 1 aromatic heterocycles. The van der Waals surface area contributed by atoms with Crippen LogP contribution in [0.5, 0.6) is 0 Å².